The number of aryl methyl sites for hydroxylation is 1. The summed E-state index contributed by atoms with van der Waals surface area (Å²) in [6.07, 6.45) is 4.72. The molecule has 0 fully saturated rings. The average molecular weight is 257 g/mol. The topological polar surface area (TPSA) is 99.8 Å². The van der Waals surface area contributed by atoms with Crippen LogP contribution in [0, 0.1) is 12.3 Å². The molecule has 1 heterocycles. The van der Waals surface area contributed by atoms with Crippen molar-refractivity contribution < 1.29 is 5.21 Å². The number of hydrogen-bond donors (Lipinski definition) is 3. The third-order valence-electron chi connectivity index (χ3n) is 2.70. The number of aromatic nitrogens is 1. The number of rotatable bonds is 1. The van der Waals surface area contributed by atoms with Gasteiger partial charge in [-0.1, -0.05) is 0 Å². The fourth-order valence-corrected chi connectivity index (χ4v) is 1.56. The first-order valence-electron chi connectivity index (χ1n) is 5.72. The Morgan fingerprint density at radius 1 is 1.26 bits per heavy atom. The van der Waals surface area contributed by atoms with Crippen LogP contribution in [0.4, 0.5) is 0 Å². The third-order valence-corrected chi connectivity index (χ3v) is 2.70. The molecule has 0 amide bonds. The summed E-state index contributed by atoms with van der Waals surface area (Å²) in [5.74, 6) is 0. The Balaban J connectivity index is 2.45. The molecule has 6 heteroatoms. The molecule has 0 saturated heterocycles. The number of pyridine rings is 1. The molecule has 4 N–H and O–H groups in total. The Morgan fingerprint density at radius 2 is 2.00 bits per heavy atom. The highest BCUT2D eigenvalue weighted by atomic mass is 16.5. The van der Waals surface area contributed by atoms with E-state index in [-0.39, 0.29) is 0 Å². The highest BCUT2D eigenvalue weighted by molar-refractivity contribution is 6.22. The molecule has 19 heavy (non-hydrogen) atoms. The van der Waals surface area contributed by atoms with Crippen molar-refractivity contribution in [2.24, 2.45) is 15.9 Å². The lowest BCUT2D eigenvalue weighted by Crippen LogP contribution is -2.20. The van der Waals surface area contributed by atoms with Crippen LogP contribution in [0.3, 0.4) is 0 Å². The van der Waals surface area contributed by atoms with Gasteiger partial charge in [0.1, 0.15) is 5.71 Å². The Kier molecular flexibility index (Phi) is 3.33. The Bertz CT molecular complexity index is 691. The van der Waals surface area contributed by atoms with Crippen molar-refractivity contribution in [3.63, 3.8) is 0 Å². The van der Waals surface area contributed by atoms with Gasteiger partial charge in [0.05, 0.1) is 11.4 Å². The summed E-state index contributed by atoms with van der Waals surface area (Å²) < 4.78 is 0.887. The molecule has 0 aliphatic heterocycles. The van der Waals surface area contributed by atoms with Gasteiger partial charge in [0, 0.05) is 6.20 Å². The average Bonchev–Trinajstić information content (AvgIpc) is 2.36. The molecule has 0 unspecified atom stereocenters. The zero-order valence-electron chi connectivity index (χ0n) is 10.8. The van der Waals surface area contributed by atoms with E-state index in [1.54, 1.807) is 25.1 Å². The van der Waals surface area contributed by atoms with E-state index < -0.39 is 0 Å². The maximum absolute atomic E-state index is 9.58. The van der Waals surface area contributed by atoms with Gasteiger partial charge in [-0.2, -0.15) is 4.73 Å². The first kappa shape index (κ1) is 12.8. The quantitative estimate of drug-likeness (QED) is 0.399. The Hall–Kier alpha value is -2.63. The largest absolute Gasteiger partial charge is 0.427 e. The molecular weight excluding hydrogens is 242 g/mol. The van der Waals surface area contributed by atoms with Crippen molar-refractivity contribution >= 4 is 11.4 Å². The fraction of sp³-hybridized carbons (Fsp3) is 0.154. The second-order valence-electron chi connectivity index (χ2n) is 4.33. The monoisotopic (exact) mass is 257 g/mol. The lowest BCUT2D eigenvalue weighted by atomic mass is 10.0. The van der Waals surface area contributed by atoms with E-state index >= 15 is 0 Å². The summed E-state index contributed by atoms with van der Waals surface area (Å²) in [7, 11) is 0. The number of nitrogens with zero attached hydrogens (tertiary/aromatic N) is 3. The molecule has 0 spiro atoms. The van der Waals surface area contributed by atoms with Crippen LogP contribution in [0.5, 0.6) is 0 Å². The van der Waals surface area contributed by atoms with Gasteiger partial charge >= 0.3 is 0 Å². The van der Waals surface area contributed by atoms with Crippen molar-refractivity contribution in [1.29, 1.82) is 5.41 Å². The molecular formula is C13H15N5O. The molecule has 2 rings (SSSR count). The fourth-order valence-electron chi connectivity index (χ4n) is 1.56. The van der Waals surface area contributed by atoms with Gasteiger partial charge < -0.3 is 16.4 Å². The molecule has 1 aliphatic rings. The molecule has 6 nitrogen and oxygen atoms in total. The van der Waals surface area contributed by atoms with Gasteiger partial charge in [-0.3, -0.25) is 0 Å². The van der Waals surface area contributed by atoms with E-state index in [0.29, 0.717) is 22.6 Å². The summed E-state index contributed by atoms with van der Waals surface area (Å²) in [5.41, 5.74) is 9.05. The van der Waals surface area contributed by atoms with E-state index in [2.05, 4.69) is 10.2 Å². The molecule has 98 valence electrons. The van der Waals surface area contributed by atoms with Crippen molar-refractivity contribution in [2.45, 2.75) is 13.8 Å². The van der Waals surface area contributed by atoms with Crippen LogP contribution in [0.15, 0.2) is 52.0 Å². The maximum atomic E-state index is 9.58. The van der Waals surface area contributed by atoms with Crippen molar-refractivity contribution in [3.05, 3.63) is 52.8 Å². The van der Waals surface area contributed by atoms with Crippen molar-refractivity contribution in [3.8, 4) is 0 Å². The summed E-state index contributed by atoms with van der Waals surface area (Å²) in [6.45, 7) is 3.70. The minimum absolute atomic E-state index is 0.312. The number of nitrogens with one attached hydrogen (secondary N) is 1. The van der Waals surface area contributed by atoms with E-state index in [4.69, 9.17) is 11.1 Å². The van der Waals surface area contributed by atoms with Crippen LogP contribution < -0.4 is 11.2 Å². The third kappa shape index (κ3) is 2.79. The van der Waals surface area contributed by atoms with Gasteiger partial charge in [0.25, 0.3) is 0 Å². The predicted octanol–water partition coefficient (Wildman–Crippen LogP) is 1.11. The number of nitrogens with two attached hydrogens (primary N) is 1. The minimum Gasteiger partial charge on any atom is -0.427 e. The second-order valence-corrected chi connectivity index (χ2v) is 4.33. The summed E-state index contributed by atoms with van der Waals surface area (Å²) in [6, 6.07) is 3.46. The van der Waals surface area contributed by atoms with Gasteiger partial charge in [-0.05, 0) is 49.3 Å². The van der Waals surface area contributed by atoms with Gasteiger partial charge in [0.2, 0.25) is 0 Å². The van der Waals surface area contributed by atoms with E-state index in [0.717, 1.165) is 15.9 Å². The van der Waals surface area contributed by atoms with Gasteiger partial charge in [0.15, 0.2) is 5.49 Å². The van der Waals surface area contributed by atoms with Crippen molar-refractivity contribution in [1.82, 2.24) is 4.73 Å². The predicted molar refractivity (Wildman–Crippen MR) is 73.1 cm³/mol. The normalized spacial score (nSPS) is 18.5. The van der Waals surface area contributed by atoms with Crippen LogP contribution >= 0.6 is 0 Å². The zero-order valence-corrected chi connectivity index (χ0v) is 10.8. The molecule has 0 atom stereocenters. The summed E-state index contributed by atoms with van der Waals surface area (Å²) >= 11 is 0. The lowest BCUT2D eigenvalue weighted by Gasteiger charge is -2.09. The molecule has 1 aromatic rings. The lowest BCUT2D eigenvalue weighted by molar-refractivity contribution is 0.171. The van der Waals surface area contributed by atoms with Crippen molar-refractivity contribution in [2.75, 3.05) is 0 Å². The van der Waals surface area contributed by atoms with Gasteiger partial charge in [-0.25, -0.2) is 0 Å². The van der Waals surface area contributed by atoms with Crippen LogP contribution in [0.25, 0.3) is 0 Å². The minimum atomic E-state index is 0.312. The molecule has 0 aromatic carbocycles. The first-order chi connectivity index (χ1) is 8.97. The summed E-state index contributed by atoms with van der Waals surface area (Å²) in [5, 5.41) is 25.2. The molecule has 0 radical (unpaired) electrons. The summed E-state index contributed by atoms with van der Waals surface area (Å²) in [4.78, 5) is 0. The van der Waals surface area contributed by atoms with E-state index in [1.807, 2.05) is 6.92 Å². The smallest absolute Gasteiger partial charge is 0.190 e. The molecule has 1 aromatic heterocycles. The number of hydrogen-bond acceptors (Lipinski definition) is 5. The van der Waals surface area contributed by atoms with E-state index in [9.17, 15) is 5.21 Å². The van der Waals surface area contributed by atoms with Crippen LogP contribution in [0.1, 0.15) is 12.5 Å². The maximum Gasteiger partial charge on any atom is 0.190 e. The standard InChI is InChI=1S/C13H15N5O/c1-8-3-4-18(19)13(5-8)17-16-12-6-9(2)10(14)7-11(12)15/h3-7,14,19H,15H2,1-2H3. The van der Waals surface area contributed by atoms with Gasteiger partial charge in [-0.15, -0.1) is 10.2 Å². The Morgan fingerprint density at radius 3 is 2.74 bits per heavy atom. The highest BCUT2D eigenvalue weighted by Gasteiger charge is 2.10. The first-order valence-corrected chi connectivity index (χ1v) is 5.72. The van der Waals surface area contributed by atoms with Crippen LogP contribution in [-0.4, -0.2) is 21.4 Å². The van der Waals surface area contributed by atoms with Crippen LogP contribution in [-0.2, 0) is 0 Å². The highest BCUT2D eigenvalue weighted by Crippen LogP contribution is 2.09. The number of allylic oxidation sites excluding steroid dienone is 3. The SMILES string of the molecule is CC1=CC(=NN=c2cc(C)ccn2O)C(N)=CC1=N. The van der Waals surface area contributed by atoms with E-state index in [1.165, 1.54) is 12.3 Å². The molecule has 1 aliphatic carbocycles. The molecule has 0 bridgehead atoms. The second kappa shape index (κ2) is 4.93. The molecule has 0 saturated carbocycles. The van der Waals surface area contributed by atoms with Crippen LogP contribution in [0.2, 0.25) is 0 Å². The zero-order chi connectivity index (χ0) is 14.0. The Labute approximate surface area is 110 Å².